The van der Waals surface area contributed by atoms with Crippen LogP contribution >= 0.6 is 46.4 Å². The first kappa shape index (κ1) is 22.0. The minimum absolute atomic E-state index is 0.000432. The van der Waals surface area contributed by atoms with Gasteiger partial charge in [-0.3, -0.25) is 4.55 Å². The van der Waals surface area contributed by atoms with Gasteiger partial charge in [0.1, 0.15) is 11.5 Å². The van der Waals surface area contributed by atoms with Crippen LogP contribution in [0.15, 0.2) is 54.6 Å². The van der Waals surface area contributed by atoms with Crippen LogP contribution in [0.3, 0.4) is 0 Å². The lowest BCUT2D eigenvalue weighted by molar-refractivity contribution is 0.455. The van der Waals surface area contributed by atoms with Crippen LogP contribution < -0.4 is 0 Å². The minimum atomic E-state index is -5.09. The van der Waals surface area contributed by atoms with Crippen molar-refractivity contribution in [3.63, 3.8) is 0 Å². The molecule has 3 aromatic rings. The molecule has 0 spiro atoms. The van der Waals surface area contributed by atoms with Gasteiger partial charge in [-0.2, -0.15) is 8.42 Å². The summed E-state index contributed by atoms with van der Waals surface area (Å²) in [4.78, 5) is 0. The van der Waals surface area contributed by atoms with Crippen LogP contribution in [0.1, 0.15) is 16.7 Å². The van der Waals surface area contributed by atoms with Gasteiger partial charge < -0.3 is 10.2 Å². The summed E-state index contributed by atoms with van der Waals surface area (Å²) in [5.74, 6) is -0.818. The molecule has 10 heteroatoms. The van der Waals surface area contributed by atoms with Crippen molar-refractivity contribution in [2.45, 2.75) is 4.75 Å². The fourth-order valence-electron chi connectivity index (χ4n) is 3.18. The molecule has 0 aromatic heterocycles. The molecule has 0 aliphatic rings. The molecule has 1 unspecified atom stereocenters. The molecule has 152 valence electrons. The number of phenols is 2. The van der Waals surface area contributed by atoms with E-state index in [9.17, 15) is 23.2 Å². The van der Waals surface area contributed by atoms with E-state index in [1.54, 1.807) is 0 Å². The van der Waals surface area contributed by atoms with Gasteiger partial charge in [-0.05, 0) is 42.0 Å². The summed E-state index contributed by atoms with van der Waals surface area (Å²) < 4.78 is 34.0. The van der Waals surface area contributed by atoms with Crippen molar-refractivity contribution in [2.75, 3.05) is 0 Å². The third-order valence-electron chi connectivity index (χ3n) is 4.36. The maximum Gasteiger partial charge on any atom is 0.283 e. The van der Waals surface area contributed by atoms with Gasteiger partial charge in [-0.25, -0.2) is 0 Å². The third kappa shape index (κ3) is 3.77. The first-order valence-corrected chi connectivity index (χ1v) is 10.8. The summed E-state index contributed by atoms with van der Waals surface area (Å²) >= 11 is 24.6. The lowest BCUT2D eigenvalue weighted by Crippen LogP contribution is -2.39. The smallest absolute Gasteiger partial charge is 0.283 e. The van der Waals surface area contributed by atoms with Gasteiger partial charge in [-0.15, -0.1) is 0 Å². The molecule has 0 amide bonds. The van der Waals surface area contributed by atoms with E-state index in [0.29, 0.717) is 5.02 Å². The molecule has 0 heterocycles. The summed E-state index contributed by atoms with van der Waals surface area (Å²) in [5.41, 5.74) is -0.463. The zero-order valence-electron chi connectivity index (χ0n) is 14.3. The molecule has 3 N–H and O–H groups in total. The van der Waals surface area contributed by atoms with E-state index < -0.39 is 20.6 Å². The predicted octanol–water partition coefficient (Wildman–Crippen LogP) is 5.89. The number of hydrogen-bond donors (Lipinski definition) is 3. The molecule has 0 bridgehead atoms. The molecule has 0 aliphatic heterocycles. The van der Waals surface area contributed by atoms with Gasteiger partial charge in [0.05, 0.1) is 5.02 Å². The Balaban J connectivity index is 2.63. The third-order valence-corrected chi connectivity index (χ3v) is 7.01. The van der Waals surface area contributed by atoms with Crippen LogP contribution in [0.4, 0.5) is 0 Å². The van der Waals surface area contributed by atoms with E-state index in [2.05, 4.69) is 0 Å². The van der Waals surface area contributed by atoms with E-state index in [4.69, 9.17) is 46.4 Å². The van der Waals surface area contributed by atoms with E-state index in [1.807, 2.05) is 0 Å². The second-order valence-corrected chi connectivity index (χ2v) is 9.33. The molecule has 0 aliphatic carbocycles. The van der Waals surface area contributed by atoms with Crippen LogP contribution in [0, 0.1) is 0 Å². The Hall–Kier alpha value is -1.67. The summed E-state index contributed by atoms with van der Waals surface area (Å²) in [6.45, 7) is 0. The largest absolute Gasteiger partial charge is 0.508 e. The van der Waals surface area contributed by atoms with Crippen LogP contribution in [0.2, 0.25) is 20.1 Å². The van der Waals surface area contributed by atoms with E-state index in [0.717, 1.165) is 12.1 Å². The number of aromatic hydroxyl groups is 2. The Kier molecular flexibility index (Phi) is 5.98. The van der Waals surface area contributed by atoms with E-state index in [1.165, 1.54) is 42.5 Å². The number of phenolic OH excluding ortho intramolecular Hbond substituents is 2. The molecule has 0 saturated carbocycles. The van der Waals surface area contributed by atoms with Gasteiger partial charge in [0.25, 0.3) is 10.1 Å². The lowest BCUT2D eigenvalue weighted by Gasteiger charge is -2.34. The quantitative estimate of drug-likeness (QED) is 0.311. The fourth-order valence-corrected chi connectivity index (χ4v) is 5.46. The molecule has 0 radical (unpaired) electrons. The van der Waals surface area contributed by atoms with Crippen molar-refractivity contribution in [3.05, 3.63) is 91.4 Å². The molecule has 0 saturated heterocycles. The first-order chi connectivity index (χ1) is 13.5. The lowest BCUT2D eigenvalue weighted by atomic mass is 9.83. The van der Waals surface area contributed by atoms with Crippen LogP contribution in [0.5, 0.6) is 11.5 Å². The molecular formula is C19H12Cl4O5S. The fraction of sp³-hybridized carbons (Fsp3) is 0.0526. The average molecular weight is 494 g/mol. The SMILES string of the molecule is O=S(=O)(O)C(c1ccc(Cl)cc1)(c1cc(O)ccc1Cl)c1cc(Cl)cc(O)c1Cl. The van der Waals surface area contributed by atoms with Gasteiger partial charge >= 0.3 is 0 Å². The molecule has 3 rings (SSSR count). The van der Waals surface area contributed by atoms with Crippen molar-refractivity contribution < 1.29 is 23.2 Å². The molecule has 3 aromatic carbocycles. The Morgan fingerprint density at radius 3 is 1.97 bits per heavy atom. The second-order valence-electron chi connectivity index (χ2n) is 6.11. The first-order valence-electron chi connectivity index (χ1n) is 7.89. The van der Waals surface area contributed by atoms with Crippen LogP contribution in [0.25, 0.3) is 0 Å². The summed E-state index contributed by atoms with van der Waals surface area (Å²) in [6.07, 6.45) is 0. The highest BCUT2D eigenvalue weighted by atomic mass is 35.5. The van der Waals surface area contributed by atoms with Gasteiger partial charge in [-0.1, -0.05) is 58.5 Å². The highest BCUT2D eigenvalue weighted by molar-refractivity contribution is 7.87. The number of rotatable bonds is 4. The van der Waals surface area contributed by atoms with E-state index in [-0.39, 0.29) is 37.5 Å². The van der Waals surface area contributed by atoms with Crippen LogP contribution in [-0.4, -0.2) is 23.2 Å². The standard InChI is InChI=1S/C19H12Cl4O5S/c20-11-3-1-10(2-4-11)19(29(26,27)28,14-9-13(24)5-6-16(14)22)15-7-12(21)8-17(25)18(15)23/h1-9,24-25H,(H,26,27,28). The number of benzene rings is 3. The maximum absolute atomic E-state index is 13.0. The van der Waals surface area contributed by atoms with Crippen molar-refractivity contribution >= 4 is 56.5 Å². The predicted molar refractivity (Wildman–Crippen MR) is 114 cm³/mol. The molecule has 1 atom stereocenters. The zero-order chi connectivity index (χ0) is 21.6. The van der Waals surface area contributed by atoms with Crippen molar-refractivity contribution in [1.82, 2.24) is 0 Å². The van der Waals surface area contributed by atoms with Gasteiger partial charge in [0.2, 0.25) is 0 Å². The number of hydrogen-bond acceptors (Lipinski definition) is 4. The number of halogens is 4. The monoisotopic (exact) mass is 492 g/mol. The summed E-state index contributed by atoms with van der Waals surface area (Å²) in [5, 5.41) is 20.0. The summed E-state index contributed by atoms with van der Waals surface area (Å²) in [7, 11) is -5.09. The normalized spacial score (nSPS) is 13.8. The van der Waals surface area contributed by atoms with Crippen LogP contribution in [-0.2, 0) is 14.9 Å². The zero-order valence-corrected chi connectivity index (χ0v) is 18.1. The average Bonchev–Trinajstić information content (AvgIpc) is 2.62. The Labute approximate surface area is 186 Å². The second kappa shape index (κ2) is 7.87. The molecular weight excluding hydrogens is 482 g/mol. The Morgan fingerprint density at radius 2 is 1.38 bits per heavy atom. The van der Waals surface area contributed by atoms with Gasteiger partial charge in [0.15, 0.2) is 4.75 Å². The molecule has 0 fully saturated rings. The minimum Gasteiger partial charge on any atom is -0.508 e. The van der Waals surface area contributed by atoms with Gasteiger partial charge in [0, 0.05) is 32.3 Å². The Bertz CT molecular complexity index is 1200. The van der Waals surface area contributed by atoms with Crippen molar-refractivity contribution in [1.29, 1.82) is 0 Å². The molecule has 29 heavy (non-hydrogen) atoms. The maximum atomic E-state index is 13.0. The molecule has 5 nitrogen and oxygen atoms in total. The highest BCUT2D eigenvalue weighted by Crippen LogP contribution is 2.51. The van der Waals surface area contributed by atoms with Crippen molar-refractivity contribution in [2.24, 2.45) is 0 Å². The van der Waals surface area contributed by atoms with E-state index >= 15 is 0 Å². The van der Waals surface area contributed by atoms with Crippen molar-refractivity contribution in [3.8, 4) is 11.5 Å². The topological polar surface area (TPSA) is 94.8 Å². The summed E-state index contributed by atoms with van der Waals surface area (Å²) in [6, 6.07) is 11.4. The highest BCUT2D eigenvalue weighted by Gasteiger charge is 2.51. The Morgan fingerprint density at radius 1 is 0.759 bits per heavy atom.